The van der Waals surface area contributed by atoms with Crippen molar-refractivity contribution in [2.24, 2.45) is 0 Å². The number of amides is 2. The zero-order valence-electron chi connectivity index (χ0n) is 13.8. The van der Waals surface area contributed by atoms with Gasteiger partial charge in [0.15, 0.2) is 6.61 Å². The van der Waals surface area contributed by atoms with E-state index in [1.54, 1.807) is 12.1 Å². The number of carbonyl (C=O) groups excluding carboxylic acids is 3. The number of nitrogens with one attached hydrogen (secondary N) is 2. The number of fused-ring (bicyclic) bond motifs is 1. The Labute approximate surface area is 183 Å². The second-order valence-electron chi connectivity index (χ2n) is 5.52. The number of thioether (sulfide) groups is 1. The highest BCUT2D eigenvalue weighted by Crippen LogP contribution is 2.41. The van der Waals surface area contributed by atoms with Crippen molar-refractivity contribution in [1.82, 2.24) is 0 Å². The summed E-state index contributed by atoms with van der Waals surface area (Å²) < 4.78 is 5.00. The molecule has 28 heavy (non-hydrogen) atoms. The van der Waals surface area contributed by atoms with E-state index in [9.17, 15) is 14.4 Å². The minimum absolute atomic E-state index is 0.0127. The van der Waals surface area contributed by atoms with Crippen molar-refractivity contribution in [2.75, 3.05) is 23.0 Å². The lowest BCUT2D eigenvalue weighted by atomic mass is 10.2. The third-order valence-corrected chi connectivity index (χ3v) is 6.21. The predicted molar refractivity (Wildman–Crippen MR) is 111 cm³/mol. The van der Waals surface area contributed by atoms with Gasteiger partial charge in [0.2, 0.25) is 5.91 Å². The molecule has 11 heteroatoms. The second kappa shape index (κ2) is 8.80. The van der Waals surface area contributed by atoms with Gasteiger partial charge in [-0.05, 0) is 24.3 Å². The van der Waals surface area contributed by atoms with Gasteiger partial charge < -0.3 is 15.4 Å². The quantitative estimate of drug-likeness (QED) is 0.468. The summed E-state index contributed by atoms with van der Waals surface area (Å²) >= 11 is 25.2. The molecule has 1 aliphatic rings. The molecule has 0 atom stereocenters. The number of hydrogen-bond acceptors (Lipinski definition) is 5. The van der Waals surface area contributed by atoms with E-state index in [4.69, 9.17) is 51.1 Å². The van der Waals surface area contributed by atoms with Gasteiger partial charge in [0.05, 0.1) is 42.8 Å². The first-order chi connectivity index (χ1) is 13.3. The molecule has 3 rings (SSSR count). The van der Waals surface area contributed by atoms with Crippen LogP contribution >= 0.6 is 58.2 Å². The minimum Gasteiger partial charge on any atom is -0.452 e. The highest BCUT2D eigenvalue weighted by molar-refractivity contribution is 8.00. The molecule has 2 aromatic carbocycles. The molecule has 0 unspecified atom stereocenters. The highest BCUT2D eigenvalue weighted by Gasteiger charge is 2.20. The average Bonchev–Trinajstić information content (AvgIpc) is 2.67. The van der Waals surface area contributed by atoms with Crippen LogP contribution in [-0.4, -0.2) is 30.1 Å². The first-order valence-electron chi connectivity index (χ1n) is 7.63. The molecule has 2 aromatic rings. The summed E-state index contributed by atoms with van der Waals surface area (Å²) in [4.78, 5) is 36.6. The Kier molecular flexibility index (Phi) is 6.62. The van der Waals surface area contributed by atoms with Gasteiger partial charge in [-0.15, -0.1) is 11.8 Å². The molecule has 0 saturated heterocycles. The lowest BCUT2D eigenvalue weighted by Crippen LogP contribution is -2.22. The van der Waals surface area contributed by atoms with E-state index in [-0.39, 0.29) is 37.2 Å². The number of carbonyl (C=O) groups is 3. The molecule has 0 radical (unpaired) electrons. The number of anilines is 2. The molecule has 0 aromatic heterocycles. The summed E-state index contributed by atoms with van der Waals surface area (Å²) in [6.07, 6.45) is 0. The molecule has 2 N–H and O–H groups in total. The van der Waals surface area contributed by atoms with Gasteiger partial charge in [0.25, 0.3) is 5.91 Å². The van der Waals surface area contributed by atoms with Crippen LogP contribution in [0.25, 0.3) is 0 Å². The number of ether oxygens (including phenoxy) is 1. The van der Waals surface area contributed by atoms with E-state index in [1.807, 2.05) is 0 Å². The lowest BCUT2D eigenvalue weighted by molar-refractivity contribution is -0.119. The maximum atomic E-state index is 12.2. The summed E-state index contributed by atoms with van der Waals surface area (Å²) in [6, 6.07) is 6.08. The van der Waals surface area contributed by atoms with Gasteiger partial charge >= 0.3 is 5.97 Å². The van der Waals surface area contributed by atoms with E-state index in [2.05, 4.69) is 10.6 Å². The van der Waals surface area contributed by atoms with E-state index in [0.29, 0.717) is 11.4 Å². The number of benzene rings is 2. The van der Waals surface area contributed by atoms with Crippen molar-refractivity contribution >= 4 is 87.3 Å². The number of hydrogen-bond donors (Lipinski definition) is 2. The second-order valence-corrected chi connectivity index (χ2v) is 8.10. The number of esters is 1. The van der Waals surface area contributed by atoms with Gasteiger partial charge in [0, 0.05) is 4.90 Å². The van der Waals surface area contributed by atoms with Crippen LogP contribution < -0.4 is 10.6 Å². The summed E-state index contributed by atoms with van der Waals surface area (Å²) in [5.41, 5.74) is 0.735. The minimum atomic E-state index is -0.732. The lowest BCUT2D eigenvalue weighted by Gasteiger charge is -2.16. The molecule has 0 spiro atoms. The van der Waals surface area contributed by atoms with E-state index < -0.39 is 18.5 Å². The molecule has 6 nitrogen and oxygen atoms in total. The molecule has 1 heterocycles. The van der Waals surface area contributed by atoms with E-state index in [0.717, 1.165) is 4.90 Å². The van der Waals surface area contributed by atoms with Crippen molar-refractivity contribution in [1.29, 1.82) is 0 Å². The number of halogens is 4. The Hall–Kier alpha value is -1.64. The van der Waals surface area contributed by atoms with Crippen molar-refractivity contribution in [3.05, 3.63) is 49.9 Å². The van der Waals surface area contributed by atoms with E-state index >= 15 is 0 Å². The molecule has 0 saturated carbocycles. The molecular formula is C17H10Cl4N2O4S. The fourth-order valence-corrected chi connectivity index (χ4v) is 3.98. The van der Waals surface area contributed by atoms with Gasteiger partial charge in [-0.3, -0.25) is 9.59 Å². The van der Waals surface area contributed by atoms with Gasteiger partial charge in [-0.1, -0.05) is 46.4 Å². The van der Waals surface area contributed by atoms with Crippen LogP contribution in [0.15, 0.2) is 29.2 Å². The van der Waals surface area contributed by atoms with Crippen LogP contribution in [0.5, 0.6) is 0 Å². The topological polar surface area (TPSA) is 84.5 Å². The standard InChI is InChI=1S/C17H10Cl4N2O4S/c18-8-4-9(19)15(21)16(14(8)20)23-12(24)5-27-17(26)7-1-2-11-10(3-7)22-13(25)6-28-11/h1-4H,5-6H2,(H,22,25)(H,23,24). The molecule has 0 fully saturated rings. The van der Waals surface area contributed by atoms with Crippen LogP contribution in [0.1, 0.15) is 10.4 Å². The first-order valence-corrected chi connectivity index (χ1v) is 10.1. The van der Waals surface area contributed by atoms with Crippen LogP contribution in [0, 0.1) is 0 Å². The Morgan fingerprint density at radius 3 is 2.46 bits per heavy atom. The van der Waals surface area contributed by atoms with Crippen LogP contribution in [0.2, 0.25) is 20.1 Å². The molecular weight excluding hydrogens is 470 g/mol. The maximum Gasteiger partial charge on any atom is 0.338 e. The van der Waals surface area contributed by atoms with Gasteiger partial charge in [0.1, 0.15) is 0 Å². The van der Waals surface area contributed by atoms with E-state index in [1.165, 1.54) is 23.9 Å². The average molecular weight is 480 g/mol. The van der Waals surface area contributed by atoms with Gasteiger partial charge in [-0.2, -0.15) is 0 Å². The summed E-state index contributed by atoms with van der Waals surface area (Å²) in [5.74, 6) is -1.26. The Morgan fingerprint density at radius 2 is 1.79 bits per heavy atom. The van der Waals surface area contributed by atoms with Gasteiger partial charge in [-0.25, -0.2) is 4.79 Å². The fourth-order valence-electron chi connectivity index (χ4n) is 2.28. The Bertz CT molecular complexity index is 973. The third kappa shape index (κ3) is 4.67. The third-order valence-electron chi connectivity index (χ3n) is 3.56. The Morgan fingerprint density at radius 1 is 1.11 bits per heavy atom. The zero-order chi connectivity index (χ0) is 20.4. The van der Waals surface area contributed by atoms with Crippen LogP contribution in [-0.2, 0) is 14.3 Å². The van der Waals surface area contributed by atoms with Crippen molar-refractivity contribution in [3.8, 4) is 0 Å². The fraction of sp³-hybridized carbons (Fsp3) is 0.118. The van der Waals surface area contributed by atoms with Crippen LogP contribution in [0.4, 0.5) is 11.4 Å². The first kappa shape index (κ1) is 21.1. The molecule has 1 aliphatic heterocycles. The maximum absolute atomic E-state index is 12.2. The number of rotatable bonds is 4. The summed E-state index contributed by atoms with van der Waals surface area (Å²) in [6.45, 7) is -0.589. The molecule has 146 valence electrons. The smallest absolute Gasteiger partial charge is 0.338 e. The van der Waals surface area contributed by atoms with Crippen molar-refractivity contribution < 1.29 is 19.1 Å². The highest BCUT2D eigenvalue weighted by atomic mass is 35.5. The molecule has 2 amide bonds. The monoisotopic (exact) mass is 478 g/mol. The molecule has 0 aliphatic carbocycles. The molecule has 0 bridgehead atoms. The zero-order valence-corrected chi connectivity index (χ0v) is 17.6. The van der Waals surface area contributed by atoms with Crippen LogP contribution in [0.3, 0.4) is 0 Å². The summed E-state index contributed by atoms with van der Waals surface area (Å²) in [7, 11) is 0. The normalized spacial score (nSPS) is 12.8. The predicted octanol–water partition coefficient (Wildman–Crippen LogP) is 5.14. The van der Waals surface area contributed by atoms with Crippen molar-refractivity contribution in [3.63, 3.8) is 0 Å². The SMILES string of the molecule is O=C1CSc2ccc(C(=O)OCC(=O)Nc3c(Cl)c(Cl)cc(Cl)c3Cl)cc2N1. The summed E-state index contributed by atoms with van der Waals surface area (Å²) in [5, 5.41) is 5.33. The van der Waals surface area contributed by atoms with Crippen molar-refractivity contribution in [2.45, 2.75) is 4.90 Å². The Balaban J connectivity index is 1.65. The largest absolute Gasteiger partial charge is 0.452 e.